The maximum atomic E-state index is 6.25. The molecule has 1 atom stereocenters. The van der Waals surface area contributed by atoms with E-state index < -0.39 is 0 Å². The molecule has 0 aliphatic rings. The van der Waals surface area contributed by atoms with E-state index in [-0.39, 0.29) is 6.04 Å². The van der Waals surface area contributed by atoms with Crippen LogP contribution < -0.4 is 5.32 Å². The number of hydrogen-bond acceptors (Lipinski definition) is 5. The second-order valence-electron chi connectivity index (χ2n) is 4.20. The number of nitrogens with zero attached hydrogens (tertiary/aromatic N) is 2. The smallest absolute Gasteiger partial charge is 0.129 e. The molecule has 0 radical (unpaired) electrons. The van der Waals surface area contributed by atoms with Crippen molar-refractivity contribution in [3.63, 3.8) is 0 Å². The Morgan fingerprint density at radius 2 is 2.00 bits per heavy atom. The summed E-state index contributed by atoms with van der Waals surface area (Å²) in [6, 6.07) is 5.49. The summed E-state index contributed by atoms with van der Waals surface area (Å²) >= 11 is 20.9. The summed E-state index contributed by atoms with van der Waals surface area (Å²) in [4.78, 5) is 0. The predicted molar refractivity (Wildman–Crippen MR) is 88.8 cm³/mol. The van der Waals surface area contributed by atoms with E-state index in [1.54, 1.807) is 0 Å². The third-order valence-corrected chi connectivity index (χ3v) is 5.26. The molecule has 0 saturated heterocycles. The first kappa shape index (κ1) is 14.4. The third-order valence-electron chi connectivity index (χ3n) is 2.89. The molecule has 1 aromatic carbocycles. The summed E-state index contributed by atoms with van der Waals surface area (Å²) in [6.07, 6.45) is 0. The monoisotopic (exact) mass is 363 g/mol. The SMILES string of the molecule is CC(Nc1c(Cl)ccc2nsnc12)c1cc(Cl)sc1Cl. The number of rotatable bonds is 3. The fraction of sp³-hybridized carbons (Fsp3) is 0.167. The molecule has 0 aliphatic heterocycles. The molecule has 0 fully saturated rings. The highest BCUT2D eigenvalue weighted by molar-refractivity contribution is 7.20. The fourth-order valence-electron chi connectivity index (χ4n) is 1.91. The van der Waals surface area contributed by atoms with Crippen LogP contribution in [0.4, 0.5) is 5.69 Å². The molecule has 0 saturated carbocycles. The van der Waals surface area contributed by atoms with E-state index in [0.29, 0.717) is 13.7 Å². The minimum absolute atomic E-state index is 0.0314. The second kappa shape index (κ2) is 5.66. The molecular weight excluding hydrogens is 357 g/mol. The lowest BCUT2D eigenvalue weighted by Gasteiger charge is -2.16. The molecular formula is C12H8Cl3N3S2. The molecule has 0 bridgehead atoms. The van der Waals surface area contributed by atoms with Gasteiger partial charge in [0, 0.05) is 5.56 Å². The van der Waals surface area contributed by atoms with Crippen LogP contribution in [0, 0.1) is 0 Å². The van der Waals surface area contributed by atoms with Crippen molar-refractivity contribution in [1.82, 2.24) is 8.75 Å². The van der Waals surface area contributed by atoms with Gasteiger partial charge in [0.15, 0.2) is 0 Å². The van der Waals surface area contributed by atoms with E-state index in [2.05, 4.69) is 14.1 Å². The minimum atomic E-state index is -0.0314. The zero-order chi connectivity index (χ0) is 14.3. The van der Waals surface area contributed by atoms with Gasteiger partial charge in [-0.15, -0.1) is 11.3 Å². The van der Waals surface area contributed by atoms with Crippen molar-refractivity contribution >= 4 is 74.6 Å². The summed E-state index contributed by atoms with van der Waals surface area (Å²) in [5.74, 6) is 0. The largest absolute Gasteiger partial charge is 0.375 e. The van der Waals surface area contributed by atoms with Gasteiger partial charge in [-0.3, -0.25) is 0 Å². The van der Waals surface area contributed by atoms with Gasteiger partial charge in [-0.05, 0) is 25.1 Å². The van der Waals surface area contributed by atoms with Crippen LogP contribution in [-0.2, 0) is 0 Å². The van der Waals surface area contributed by atoms with Gasteiger partial charge in [0.05, 0.1) is 37.2 Å². The van der Waals surface area contributed by atoms with Crippen molar-refractivity contribution in [2.24, 2.45) is 0 Å². The molecule has 104 valence electrons. The van der Waals surface area contributed by atoms with Crippen LogP contribution in [0.1, 0.15) is 18.5 Å². The van der Waals surface area contributed by atoms with E-state index in [1.165, 1.54) is 11.3 Å². The number of halogens is 3. The molecule has 2 aromatic heterocycles. The average molecular weight is 365 g/mol. The first-order valence-corrected chi connectivity index (χ1v) is 8.36. The number of aromatic nitrogens is 2. The van der Waals surface area contributed by atoms with Crippen molar-refractivity contribution in [3.05, 3.63) is 37.5 Å². The van der Waals surface area contributed by atoms with E-state index in [0.717, 1.165) is 34.0 Å². The van der Waals surface area contributed by atoms with E-state index in [9.17, 15) is 0 Å². The normalized spacial score (nSPS) is 12.8. The zero-order valence-corrected chi connectivity index (χ0v) is 14.1. The summed E-state index contributed by atoms with van der Waals surface area (Å²) in [5, 5.41) is 3.95. The van der Waals surface area contributed by atoms with E-state index in [4.69, 9.17) is 34.8 Å². The Hall–Kier alpha value is -0.590. The first-order chi connectivity index (χ1) is 9.56. The van der Waals surface area contributed by atoms with Gasteiger partial charge < -0.3 is 5.32 Å². The Labute approximate surface area is 138 Å². The Morgan fingerprint density at radius 3 is 2.70 bits per heavy atom. The van der Waals surface area contributed by atoms with Crippen molar-refractivity contribution in [3.8, 4) is 0 Å². The number of fused-ring (bicyclic) bond motifs is 1. The number of hydrogen-bond donors (Lipinski definition) is 1. The summed E-state index contributed by atoms with van der Waals surface area (Å²) in [6.45, 7) is 2.00. The maximum Gasteiger partial charge on any atom is 0.129 e. The highest BCUT2D eigenvalue weighted by Crippen LogP contribution is 2.38. The lowest BCUT2D eigenvalue weighted by molar-refractivity contribution is 0.892. The summed E-state index contributed by atoms with van der Waals surface area (Å²) in [7, 11) is 0. The zero-order valence-electron chi connectivity index (χ0n) is 10.2. The molecule has 8 heteroatoms. The molecule has 1 unspecified atom stereocenters. The van der Waals surface area contributed by atoms with Gasteiger partial charge in [0.25, 0.3) is 0 Å². The third kappa shape index (κ3) is 2.61. The lowest BCUT2D eigenvalue weighted by Crippen LogP contribution is -2.07. The van der Waals surface area contributed by atoms with Gasteiger partial charge in [-0.2, -0.15) is 8.75 Å². The van der Waals surface area contributed by atoms with E-state index in [1.807, 2.05) is 25.1 Å². The molecule has 2 heterocycles. The van der Waals surface area contributed by atoms with Crippen LogP contribution in [-0.4, -0.2) is 8.75 Å². The Bertz CT molecular complexity index is 768. The molecule has 3 aromatic rings. The number of benzene rings is 1. The average Bonchev–Trinajstić information content (AvgIpc) is 2.99. The minimum Gasteiger partial charge on any atom is -0.375 e. The summed E-state index contributed by atoms with van der Waals surface area (Å²) < 4.78 is 9.83. The highest BCUT2D eigenvalue weighted by atomic mass is 35.5. The molecule has 0 spiro atoms. The van der Waals surface area contributed by atoms with Crippen LogP contribution in [0.2, 0.25) is 13.7 Å². The highest BCUT2D eigenvalue weighted by Gasteiger charge is 2.17. The maximum absolute atomic E-state index is 6.25. The molecule has 0 amide bonds. The molecule has 0 aliphatic carbocycles. The molecule has 3 rings (SSSR count). The molecule has 20 heavy (non-hydrogen) atoms. The van der Waals surface area contributed by atoms with Crippen molar-refractivity contribution in [2.75, 3.05) is 5.32 Å². The standard InChI is InChI=1S/C12H8Cl3N3S2/c1-5(6-4-9(14)19-12(6)15)16-10-7(13)2-3-8-11(10)18-20-17-8/h2-5,16H,1H3. The number of anilines is 1. The van der Waals surface area contributed by atoms with Crippen LogP contribution in [0.5, 0.6) is 0 Å². The topological polar surface area (TPSA) is 37.8 Å². The first-order valence-electron chi connectivity index (χ1n) is 5.68. The van der Waals surface area contributed by atoms with Gasteiger partial charge in [0.1, 0.15) is 11.0 Å². The quantitative estimate of drug-likeness (QED) is 0.630. The van der Waals surface area contributed by atoms with Gasteiger partial charge in [0.2, 0.25) is 0 Å². The fourth-order valence-corrected chi connectivity index (χ4v) is 4.30. The Balaban J connectivity index is 1.98. The number of nitrogens with one attached hydrogen (secondary N) is 1. The van der Waals surface area contributed by atoms with Gasteiger partial charge in [-0.1, -0.05) is 34.8 Å². The second-order valence-corrected chi connectivity index (χ2v) is 7.42. The van der Waals surface area contributed by atoms with Gasteiger partial charge in [-0.25, -0.2) is 0 Å². The van der Waals surface area contributed by atoms with Crippen LogP contribution >= 0.6 is 57.9 Å². The van der Waals surface area contributed by atoms with Crippen LogP contribution in [0.3, 0.4) is 0 Å². The van der Waals surface area contributed by atoms with Gasteiger partial charge >= 0.3 is 0 Å². The number of thiophene rings is 1. The molecule has 3 nitrogen and oxygen atoms in total. The lowest BCUT2D eigenvalue weighted by atomic mass is 10.1. The van der Waals surface area contributed by atoms with Crippen molar-refractivity contribution in [2.45, 2.75) is 13.0 Å². The summed E-state index contributed by atoms with van der Waals surface area (Å²) in [5.41, 5.74) is 3.30. The Kier molecular flexibility index (Phi) is 4.06. The molecule has 1 N–H and O–H groups in total. The van der Waals surface area contributed by atoms with Crippen molar-refractivity contribution in [1.29, 1.82) is 0 Å². The van der Waals surface area contributed by atoms with Crippen molar-refractivity contribution < 1.29 is 0 Å². The van der Waals surface area contributed by atoms with Crippen LogP contribution in [0.15, 0.2) is 18.2 Å². The predicted octanol–water partition coefficient (Wildman–Crippen LogP) is 5.89. The van der Waals surface area contributed by atoms with E-state index >= 15 is 0 Å². The van der Waals surface area contributed by atoms with Crippen LogP contribution in [0.25, 0.3) is 11.0 Å². The Morgan fingerprint density at radius 1 is 1.20 bits per heavy atom.